The summed E-state index contributed by atoms with van der Waals surface area (Å²) in [5.74, 6) is 0.758. The smallest absolute Gasteiger partial charge is 0.325 e. The standard InChI is InChI=1S/C16H20ClN5O2/c1-10-5-24-13-4-11(17)2-3-12(13)22(10)15(23)21-8-16(9-21)6-20(7-16)14(18)19/h2-4,10H,5-9H2,1H3,(H3,18,19). The van der Waals surface area contributed by atoms with Crippen molar-refractivity contribution in [2.45, 2.75) is 13.0 Å². The number of urea groups is 1. The van der Waals surface area contributed by atoms with Crippen molar-refractivity contribution in [3.8, 4) is 5.75 Å². The van der Waals surface area contributed by atoms with Crippen molar-refractivity contribution in [3.05, 3.63) is 23.2 Å². The fraction of sp³-hybridized carbons (Fsp3) is 0.500. The average Bonchev–Trinajstić information content (AvgIpc) is 2.44. The van der Waals surface area contributed by atoms with Gasteiger partial charge in [0.2, 0.25) is 0 Å². The molecular formula is C16H20ClN5O2. The third-order valence-electron chi connectivity index (χ3n) is 5.02. The van der Waals surface area contributed by atoms with Gasteiger partial charge in [-0.1, -0.05) is 11.6 Å². The minimum atomic E-state index is -0.0298. The number of anilines is 1. The molecule has 8 heteroatoms. The Hall–Kier alpha value is -2.15. The van der Waals surface area contributed by atoms with Gasteiger partial charge in [0.25, 0.3) is 0 Å². The molecule has 3 N–H and O–H groups in total. The van der Waals surface area contributed by atoms with Gasteiger partial charge in [0, 0.05) is 42.7 Å². The SMILES string of the molecule is CC1COc2cc(Cl)ccc2N1C(=O)N1CC2(CN(C(=N)N)C2)C1. The summed E-state index contributed by atoms with van der Waals surface area (Å²) in [7, 11) is 0. The molecule has 24 heavy (non-hydrogen) atoms. The Morgan fingerprint density at radius 1 is 1.33 bits per heavy atom. The summed E-state index contributed by atoms with van der Waals surface area (Å²) in [5, 5.41) is 8.03. The van der Waals surface area contributed by atoms with E-state index in [9.17, 15) is 4.79 Å². The van der Waals surface area contributed by atoms with E-state index in [1.165, 1.54) is 0 Å². The normalized spacial score (nSPS) is 23.9. The number of fused-ring (bicyclic) bond motifs is 1. The Bertz CT molecular complexity index is 710. The number of hydrogen-bond acceptors (Lipinski definition) is 3. The Labute approximate surface area is 145 Å². The summed E-state index contributed by atoms with van der Waals surface area (Å²) in [5.41, 5.74) is 6.37. The van der Waals surface area contributed by atoms with Crippen LogP contribution < -0.4 is 15.4 Å². The van der Waals surface area contributed by atoms with Gasteiger partial charge in [0.15, 0.2) is 5.96 Å². The molecule has 0 aliphatic carbocycles. The summed E-state index contributed by atoms with van der Waals surface area (Å²) in [6.45, 7) is 5.38. The number of nitrogens with zero attached hydrogens (tertiary/aromatic N) is 3. The number of benzene rings is 1. The van der Waals surface area contributed by atoms with Gasteiger partial charge in [-0.15, -0.1) is 0 Å². The van der Waals surface area contributed by atoms with Gasteiger partial charge in [0.05, 0.1) is 11.7 Å². The van der Waals surface area contributed by atoms with Crippen LogP contribution in [0.15, 0.2) is 18.2 Å². The van der Waals surface area contributed by atoms with Gasteiger partial charge in [-0.25, -0.2) is 4.79 Å². The fourth-order valence-electron chi connectivity index (χ4n) is 3.80. The predicted octanol–water partition coefficient (Wildman–Crippen LogP) is 1.56. The number of guanidine groups is 1. The van der Waals surface area contributed by atoms with Crippen LogP contribution in [-0.4, -0.2) is 60.6 Å². The second-order valence-corrected chi connectivity index (χ2v) is 7.46. The van der Waals surface area contributed by atoms with Gasteiger partial charge in [-0.3, -0.25) is 10.3 Å². The first-order chi connectivity index (χ1) is 11.4. The number of amides is 2. The van der Waals surface area contributed by atoms with E-state index in [1.807, 2.05) is 22.8 Å². The van der Waals surface area contributed by atoms with Gasteiger partial charge in [-0.2, -0.15) is 0 Å². The van der Waals surface area contributed by atoms with Crippen LogP contribution >= 0.6 is 11.6 Å². The minimum absolute atomic E-state index is 0.00118. The first kappa shape index (κ1) is 15.4. The summed E-state index contributed by atoms with van der Waals surface area (Å²) < 4.78 is 5.70. The Morgan fingerprint density at radius 3 is 2.67 bits per heavy atom. The van der Waals surface area contributed by atoms with E-state index in [-0.39, 0.29) is 23.4 Å². The zero-order valence-corrected chi connectivity index (χ0v) is 14.2. The van der Waals surface area contributed by atoms with Crippen LogP contribution in [0.1, 0.15) is 6.92 Å². The number of likely N-dealkylation sites (tertiary alicyclic amines) is 2. The molecule has 0 aromatic heterocycles. The lowest BCUT2D eigenvalue weighted by atomic mass is 9.73. The average molecular weight is 350 g/mol. The maximum atomic E-state index is 13.0. The predicted molar refractivity (Wildman–Crippen MR) is 91.8 cm³/mol. The number of carbonyl (C=O) groups is 1. The van der Waals surface area contributed by atoms with Crippen molar-refractivity contribution in [2.24, 2.45) is 11.1 Å². The van der Waals surface area contributed by atoms with Crippen LogP contribution in [0.3, 0.4) is 0 Å². The summed E-state index contributed by atoms with van der Waals surface area (Å²) in [4.78, 5) is 18.4. The van der Waals surface area contributed by atoms with Crippen molar-refractivity contribution in [3.63, 3.8) is 0 Å². The Kier molecular flexibility index (Phi) is 3.32. The molecule has 1 unspecified atom stereocenters. The summed E-state index contributed by atoms with van der Waals surface area (Å²) >= 11 is 6.02. The second kappa shape index (κ2) is 5.17. The lowest BCUT2D eigenvalue weighted by Crippen LogP contribution is -2.75. The molecule has 2 saturated heterocycles. The number of nitrogens with two attached hydrogens (primary N) is 1. The lowest BCUT2D eigenvalue weighted by Gasteiger charge is -2.60. The van der Waals surface area contributed by atoms with Crippen LogP contribution in [0.2, 0.25) is 5.02 Å². The van der Waals surface area contributed by atoms with E-state index >= 15 is 0 Å². The van der Waals surface area contributed by atoms with Crippen molar-refractivity contribution in [1.82, 2.24) is 9.80 Å². The first-order valence-electron chi connectivity index (χ1n) is 7.98. The zero-order chi connectivity index (χ0) is 17.1. The number of nitrogens with one attached hydrogen (secondary N) is 1. The van der Waals surface area contributed by atoms with Crippen LogP contribution in [0.25, 0.3) is 0 Å². The number of carbonyl (C=O) groups excluding carboxylic acids is 1. The van der Waals surface area contributed by atoms with Crippen LogP contribution in [-0.2, 0) is 0 Å². The van der Waals surface area contributed by atoms with E-state index < -0.39 is 0 Å². The van der Waals surface area contributed by atoms with Crippen LogP contribution in [0, 0.1) is 10.8 Å². The molecule has 1 aromatic carbocycles. The first-order valence-corrected chi connectivity index (χ1v) is 8.36. The second-order valence-electron chi connectivity index (χ2n) is 7.02. The molecule has 3 heterocycles. The van der Waals surface area contributed by atoms with Gasteiger partial charge < -0.3 is 20.3 Å². The third-order valence-corrected chi connectivity index (χ3v) is 5.26. The molecule has 128 valence electrons. The maximum absolute atomic E-state index is 13.0. The molecule has 2 fully saturated rings. The molecule has 4 rings (SSSR count). The minimum Gasteiger partial charge on any atom is -0.489 e. The molecule has 0 bridgehead atoms. The molecule has 3 aliphatic heterocycles. The molecule has 1 atom stereocenters. The monoisotopic (exact) mass is 349 g/mol. The largest absolute Gasteiger partial charge is 0.489 e. The molecule has 1 spiro atoms. The van der Waals surface area contributed by atoms with Gasteiger partial charge in [0.1, 0.15) is 12.4 Å². The third kappa shape index (κ3) is 2.26. The summed E-state index contributed by atoms with van der Waals surface area (Å²) in [6, 6.07) is 5.33. The highest BCUT2D eigenvalue weighted by Crippen LogP contribution is 2.42. The number of hydrogen-bond donors (Lipinski definition) is 2. The number of rotatable bonds is 0. The molecule has 0 saturated carbocycles. The van der Waals surface area contributed by atoms with E-state index in [0.717, 1.165) is 18.8 Å². The molecule has 7 nitrogen and oxygen atoms in total. The fourth-order valence-corrected chi connectivity index (χ4v) is 3.96. The zero-order valence-electron chi connectivity index (χ0n) is 13.5. The van der Waals surface area contributed by atoms with Gasteiger partial charge in [-0.05, 0) is 19.1 Å². The molecular weight excluding hydrogens is 330 g/mol. The highest BCUT2D eigenvalue weighted by atomic mass is 35.5. The highest BCUT2D eigenvalue weighted by Gasteiger charge is 2.54. The quantitative estimate of drug-likeness (QED) is 0.549. The van der Waals surface area contributed by atoms with Crippen molar-refractivity contribution >= 4 is 29.3 Å². The molecule has 1 aromatic rings. The topological polar surface area (TPSA) is 85.9 Å². The lowest BCUT2D eigenvalue weighted by molar-refractivity contribution is -0.0632. The Balaban J connectivity index is 1.47. The number of halogens is 1. The van der Waals surface area contributed by atoms with E-state index in [2.05, 4.69) is 0 Å². The van der Waals surface area contributed by atoms with Crippen LogP contribution in [0.4, 0.5) is 10.5 Å². The van der Waals surface area contributed by atoms with Gasteiger partial charge >= 0.3 is 6.03 Å². The Morgan fingerprint density at radius 2 is 2.00 bits per heavy atom. The van der Waals surface area contributed by atoms with Crippen molar-refractivity contribution in [1.29, 1.82) is 5.41 Å². The number of ether oxygens (including phenoxy) is 1. The van der Waals surface area contributed by atoms with Crippen molar-refractivity contribution in [2.75, 3.05) is 37.7 Å². The van der Waals surface area contributed by atoms with E-state index in [4.69, 9.17) is 27.5 Å². The van der Waals surface area contributed by atoms with Crippen LogP contribution in [0.5, 0.6) is 5.75 Å². The molecule has 0 radical (unpaired) electrons. The highest BCUT2D eigenvalue weighted by molar-refractivity contribution is 6.30. The molecule has 3 aliphatic rings. The van der Waals surface area contributed by atoms with E-state index in [1.54, 1.807) is 17.0 Å². The van der Waals surface area contributed by atoms with E-state index in [0.29, 0.717) is 30.5 Å². The summed E-state index contributed by atoms with van der Waals surface area (Å²) in [6.07, 6.45) is 0. The molecule has 2 amide bonds. The van der Waals surface area contributed by atoms with Crippen molar-refractivity contribution < 1.29 is 9.53 Å². The maximum Gasteiger partial charge on any atom is 0.325 e.